The smallest absolute Gasteiger partial charge is 0.314 e. The first-order valence-corrected chi connectivity index (χ1v) is 7.76. The minimum Gasteiger partial charge on any atom is -0.314 e. The standard InChI is InChI=1S/C19H21FN2O/c1-2-3-6-15-9-11-17(12-10-15)22-19(23)21-14-13-16-7-4-5-8-18(16)20/h4-5,7-14H,2-3,6H2,1H3,(H2,21,22,23)/b14-13+. The van der Waals surface area contributed by atoms with E-state index < -0.39 is 0 Å². The fraction of sp³-hybridized carbons (Fsp3) is 0.211. The molecule has 4 heteroatoms. The van der Waals surface area contributed by atoms with Crippen LogP contribution in [0.4, 0.5) is 14.9 Å². The van der Waals surface area contributed by atoms with E-state index in [-0.39, 0.29) is 11.8 Å². The van der Waals surface area contributed by atoms with Gasteiger partial charge >= 0.3 is 6.03 Å². The molecular weight excluding hydrogens is 291 g/mol. The number of unbranched alkanes of at least 4 members (excludes halogenated alkanes) is 1. The van der Waals surface area contributed by atoms with Gasteiger partial charge < -0.3 is 10.6 Å². The maximum atomic E-state index is 13.4. The van der Waals surface area contributed by atoms with Crippen LogP contribution in [-0.2, 0) is 6.42 Å². The Morgan fingerprint density at radius 3 is 2.57 bits per heavy atom. The van der Waals surface area contributed by atoms with E-state index in [1.165, 1.54) is 23.9 Å². The van der Waals surface area contributed by atoms with E-state index in [9.17, 15) is 9.18 Å². The summed E-state index contributed by atoms with van der Waals surface area (Å²) < 4.78 is 13.4. The Labute approximate surface area is 136 Å². The number of aryl methyl sites for hydroxylation is 1. The first-order chi connectivity index (χ1) is 11.2. The van der Waals surface area contributed by atoms with Gasteiger partial charge in [-0.25, -0.2) is 9.18 Å². The lowest BCUT2D eigenvalue weighted by Crippen LogP contribution is -2.23. The SMILES string of the molecule is CCCCc1ccc(NC(=O)N/C=C/c2ccccc2F)cc1. The molecule has 2 aromatic rings. The maximum absolute atomic E-state index is 13.4. The van der Waals surface area contributed by atoms with Gasteiger partial charge in [-0.05, 0) is 42.7 Å². The fourth-order valence-electron chi connectivity index (χ4n) is 2.12. The first kappa shape index (κ1) is 16.7. The van der Waals surface area contributed by atoms with Crippen molar-refractivity contribution in [3.05, 3.63) is 71.7 Å². The van der Waals surface area contributed by atoms with Crippen LogP contribution >= 0.6 is 0 Å². The van der Waals surface area contributed by atoms with E-state index in [0.29, 0.717) is 5.56 Å². The molecule has 0 atom stereocenters. The van der Waals surface area contributed by atoms with E-state index in [0.717, 1.165) is 24.9 Å². The molecule has 23 heavy (non-hydrogen) atoms. The Hall–Kier alpha value is -2.62. The number of carbonyl (C=O) groups is 1. The average Bonchev–Trinajstić information content (AvgIpc) is 2.56. The Bertz CT molecular complexity index is 665. The van der Waals surface area contributed by atoms with Crippen molar-refractivity contribution in [2.75, 3.05) is 5.32 Å². The number of halogens is 1. The number of urea groups is 1. The Morgan fingerprint density at radius 2 is 1.87 bits per heavy atom. The molecule has 0 aliphatic carbocycles. The van der Waals surface area contributed by atoms with Crippen molar-refractivity contribution in [3.8, 4) is 0 Å². The molecule has 120 valence electrons. The summed E-state index contributed by atoms with van der Waals surface area (Å²) in [5.74, 6) is -0.325. The van der Waals surface area contributed by atoms with Gasteiger partial charge in [0.25, 0.3) is 0 Å². The van der Waals surface area contributed by atoms with Crippen molar-refractivity contribution in [1.29, 1.82) is 0 Å². The van der Waals surface area contributed by atoms with Gasteiger partial charge in [-0.2, -0.15) is 0 Å². The lowest BCUT2D eigenvalue weighted by atomic mass is 10.1. The van der Waals surface area contributed by atoms with E-state index in [2.05, 4.69) is 17.6 Å². The summed E-state index contributed by atoms with van der Waals surface area (Å²) in [4.78, 5) is 11.8. The summed E-state index contributed by atoms with van der Waals surface area (Å²) in [6.07, 6.45) is 6.31. The van der Waals surface area contributed by atoms with Crippen LogP contribution in [0.25, 0.3) is 6.08 Å². The lowest BCUT2D eigenvalue weighted by molar-refractivity contribution is 0.255. The van der Waals surface area contributed by atoms with E-state index in [1.54, 1.807) is 18.2 Å². The first-order valence-electron chi connectivity index (χ1n) is 7.76. The molecule has 0 spiro atoms. The van der Waals surface area contributed by atoms with Gasteiger partial charge in [0.1, 0.15) is 5.82 Å². The maximum Gasteiger partial charge on any atom is 0.323 e. The molecule has 0 radical (unpaired) electrons. The van der Waals surface area contributed by atoms with Gasteiger partial charge in [-0.15, -0.1) is 0 Å². The molecule has 2 rings (SSSR count). The number of hydrogen-bond acceptors (Lipinski definition) is 1. The zero-order valence-corrected chi connectivity index (χ0v) is 13.2. The summed E-state index contributed by atoms with van der Waals surface area (Å²) in [7, 11) is 0. The Balaban J connectivity index is 1.84. The second-order valence-corrected chi connectivity index (χ2v) is 5.25. The third-order valence-corrected chi connectivity index (χ3v) is 3.41. The number of rotatable bonds is 6. The predicted molar refractivity (Wildman–Crippen MR) is 92.6 cm³/mol. The number of benzene rings is 2. The van der Waals surface area contributed by atoms with Crippen LogP contribution in [-0.4, -0.2) is 6.03 Å². The second-order valence-electron chi connectivity index (χ2n) is 5.25. The van der Waals surface area contributed by atoms with E-state index in [1.807, 2.05) is 24.3 Å². The monoisotopic (exact) mass is 312 g/mol. The second kappa shape index (κ2) is 8.73. The molecule has 0 bridgehead atoms. The van der Waals surface area contributed by atoms with Crippen molar-refractivity contribution in [2.24, 2.45) is 0 Å². The highest BCUT2D eigenvalue weighted by atomic mass is 19.1. The van der Waals surface area contributed by atoms with Crippen molar-refractivity contribution < 1.29 is 9.18 Å². The normalized spacial score (nSPS) is 10.7. The number of anilines is 1. The number of amides is 2. The number of nitrogens with one attached hydrogen (secondary N) is 2. The molecule has 0 unspecified atom stereocenters. The quantitative estimate of drug-likeness (QED) is 0.777. The zero-order valence-electron chi connectivity index (χ0n) is 13.2. The van der Waals surface area contributed by atoms with Gasteiger partial charge in [0.2, 0.25) is 0 Å². The topological polar surface area (TPSA) is 41.1 Å². The van der Waals surface area contributed by atoms with Gasteiger partial charge in [0, 0.05) is 17.5 Å². The summed E-state index contributed by atoms with van der Waals surface area (Å²) in [6.45, 7) is 2.16. The summed E-state index contributed by atoms with van der Waals surface area (Å²) in [5, 5.41) is 5.29. The lowest BCUT2D eigenvalue weighted by Gasteiger charge is -2.06. The number of hydrogen-bond donors (Lipinski definition) is 2. The largest absolute Gasteiger partial charge is 0.323 e. The minimum atomic E-state index is -0.362. The summed E-state index contributed by atoms with van der Waals surface area (Å²) in [5.41, 5.74) is 2.41. The fourth-order valence-corrected chi connectivity index (χ4v) is 2.12. The van der Waals surface area contributed by atoms with Gasteiger partial charge in [0.05, 0.1) is 0 Å². The van der Waals surface area contributed by atoms with Crippen molar-refractivity contribution in [1.82, 2.24) is 5.32 Å². The Morgan fingerprint density at radius 1 is 1.13 bits per heavy atom. The van der Waals surface area contributed by atoms with Crippen molar-refractivity contribution in [3.63, 3.8) is 0 Å². The minimum absolute atomic E-state index is 0.325. The van der Waals surface area contributed by atoms with Crippen LogP contribution in [0, 0.1) is 5.82 Å². The molecule has 2 N–H and O–H groups in total. The molecule has 0 fully saturated rings. The van der Waals surface area contributed by atoms with Gasteiger partial charge in [-0.1, -0.05) is 43.7 Å². The van der Waals surface area contributed by atoms with Crippen LogP contribution < -0.4 is 10.6 Å². The molecule has 0 aliphatic heterocycles. The third kappa shape index (κ3) is 5.58. The van der Waals surface area contributed by atoms with E-state index >= 15 is 0 Å². The molecule has 0 aromatic heterocycles. The predicted octanol–water partition coefficient (Wildman–Crippen LogP) is 4.96. The molecule has 0 saturated carbocycles. The van der Waals surface area contributed by atoms with Crippen LogP contribution in [0.5, 0.6) is 0 Å². The molecule has 3 nitrogen and oxygen atoms in total. The van der Waals surface area contributed by atoms with Crippen molar-refractivity contribution in [2.45, 2.75) is 26.2 Å². The van der Waals surface area contributed by atoms with E-state index in [4.69, 9.17) is 0 Å². The summed E-state index contributed by atoms with van der Waals surface area (Å²) in [6, 6.07) is 13.8. The molecule has 2 amide bonds. The van der Waals surface area contributed by atoms with Crippen LogP contribution in [0.2, 0.25) is 0 Å². The zero-order chi connectivity index (χ0) is 16.5. The van der Waals surface area contributed by atoms with Gasteiger partial charge in [-0.3, -0.25) is 0 Å². The highest BCUT2D eigenvalue weighted by Crippen LogP contribution is 2.12. The molecule has 0 heterocycles. The van der Waals surface area contributed by atoms with Crippen LogP contribution in [0.1, 0.15) is 30.9 Å². The van der Waals surface area contributed by atoms with Crippen molar-refractivity contribution >= 4 is 17.8 Å². The molecule has 0 saturated heterocycles. The average molecular weight is 312 g/mol. The highest BCUT2D eigenvalue weighted by Gasteiger charge is 2.00. The highest BCUT2D eigenvalue weighted by molar-refractivity contribution is 5.90. The summed E-state index contributed by atoms with van der Waals surface area (Å²) >= 11 is 0. The molecule has 0 aliphatic rings. The van der Waals surface area contributed by atoms with Crippen LogP contribution in [0.15, 0.2) is 54.7 Å². The van der Waals surface area contributed by atoms with Gasteiger partial charge in [0.15, 0.2) is 0 Å². The number of carbonyl (C=O) groups excluding carboxylic acids is 1. The molecule has 2 aromatic carbocycles. The third-order valence-electron chi connectivity index (χ3n) is 3.41. The Kier molecular flexibility index (Phi) is 6.36. The van der Waals surface area contributed by atoms with Crippen LogP contribution in [0.3, 0.4) is 0 Å². The molecular formula is C19H21FN2O.